The first-order valence-electron chi connectivity index (χ1n) is 11.1. The normalized spacial score (nSPS) is 32.7. The molecule has 0 aliphatic heterocycles. The van der Waals surface area contributed by atoms with Crippen LogP contribution in [0.4, 0.5) is 5.69 Å². The molecule has 10 nitrogen and oxygen atoms in total. The Kier molecular flexibility index (Phi) is 5.64. The van der Waals surface area contributed by atoms with Gasteiger partial charge in [-0.1, -0.05) is 0 Å². The number of Topliss-reactive ketones (excluding diaryl/α,β-unsaturated/α-hetero) is 4. The summed E-state index contributed by atoms with van der Waals surface area (Å²) in [5, 5.41) is 11.6. The number of rotatable bonds is 4. The second-order valence-corrected chi connectivity index (χ2v) is 9.82. The van der Waals surface area contributed by atoms with Crippen LogP contribution in [-0.4, -0.2) is 86.0 Å². The van der Waals surface area contributed by atoms with Crippen molar-refractivity contribution in [2.75, 3.05) is 40.2 Å². The number of carbonyl (C=O) groups is 5. The predicted molar refractivity (Wildman–Crippen MR) is 121 cm³/mol. The third kappa shape index (κ3) is 3.05. The van der Waals surface area contributed by atoms with Gasteiger partial charge in [0, 0.05) is 25.7 Å². The molecule has 1 amide bonds. The standard InChI is InChI=1S/C24H29N3O7/c1-26(2)13-6-7-14(34-5)16-11(13)8-10-9-12-18(27(3)4)20(29)17(23(25)32)22(31)24(12,33)21(30)15(10)19(16)28/h6-7,10,12,15,17-18,33H,8-9H2,1-5H3,(H2,25,32)/t10?,12?,15?,17?,18-,24-/m0/s1. The number of nitrogens with zero attached hydrogens (tertiary/aromatic N) is 2. The van der Waals surface area contributed by atoms with Crippen molar-refractivity contribution >= 4 is 34.7 Å². The maximum Gasteiger partial charge on any atom is 0.235 e. The molecule has 1 aromatic carbocycles. The van der Waals surface area contributed by atoms with Gasteiger partial charge in [-0.15, -0.1) is 0 Å². The molecule has 0 heterocycles. The van der Waals surface area contributed by atoms with Crippen molar-refractivity contribution < 1.29 is 33.8 Å². The minimum absolute atomic E-state index is 0.0774. The highest BCUT2D eigenvalue weighted by Gasteiger charge is 2.69. The van der Waals surface area contributed by atoms with Crippen LogP contribution in [0.15, 0.2) is 12.1 Å². The number of ether oxygens (including phenoxy) is 1. The molecule has 10 heteroatoms. The average molecular weight is 472 g/mol. The highest BCUT2D eigenvalue weighted by atomic mass is 16.5. The van der Waals surface area contributed by atoms with Crippen LogP contribution >= 0.6 is 0 Å². The zero-order chi connectivity index (χ0) is 25.3. The number of benzene rings is 1. The number of ketones is 4. The molecule has 34 heavy (non-hydrogen) atoms. The first-order valence-corrected chi connectivity index (χ1v) is 11.1. The van der Waals surface area contributed by atoms with Gasteiger partial charge in [-0.2, -0.15) is 0 Å². The van der Waals surface area contributed by atoms with E-state index in [9.17, 15) is 29.1 Å². The second-order valence-electron chi connectivity index (χ2n) is 9.82. The number of primary amides is 1. The van der Waals surface area contributed by atoms with Gasteiger partial charge >= 0.3 is 0 Å². The Morgan fingerprint density at radius 3 is 2.29 bits per heavy atom. The Bertz CT molecular complexity index is 1130. The maximum atomic E-state index is 13.8. The maximum absolute atomic E-state index is 13.8. The van der Waals surface area contributed by atoms with Crippen molar-refractivity contribution in [1.29, 1.82) is 0 Å². The number of anilines is 1. The SMILES string of the molecule is COc1ccc(N(C)C)c2c1C(=O)C1C(=O)[C@]3(O)C(=O)C(C(N)=O)C(=O)[C@@H](N(C)C)C3CC1C2. The molecule has 3 N–H and O–H groups in total. The molecule has 0 radical (unpaired) electrons. The number of fused-ring (bicyclic) bond motifs is 3. The molecule has 3 aliphatic carbocycles. The van der Waals surface area contributed by atoms with Crippen molar-refractivity contribution in [2.45, 2.75) is 24.5 Å². The Morgan fingerprint density at radius 2 is 1.76 bits per heavy atom. The number of methoxy groups -OCH3 is 1. The van der Waals surface area contributed by atoms with Gasteiger partial charge in [0.25, 0.3) is 0 Å². The van der Waals surface area contributed by atoms with Crippen molar-refractivity contribution in [3.63, 3.8) is 0 Å². The Labute approximate surface area is 197 Å². The third-order valence-corrected chi connectivity index (χ3v) is 7.61. The molecular weight excluding hydrogens is 442 g/mol. The molecule has 2 saturated carbocycles. The van der Waals surface area contributed by atoms with Crippen LogP contribution in [0.3, 0.4) is 0 Å². The highest BCUT2D eigenvalue weighted by Crippen LogP contribution is 2.51. The lowest BCUT2D eigenvalue weighted by Crippen LogP contribution is -2.74. The zero-order valence-electron chi connectivity index (χ0n) is 19.8. The van der Waals surface area contributed by atoms with Crippen LogP contribution in [-0.2, 0) is 25.6 Å². The number of nitrogens with two attached hydrogens (primary N) is 1. The molecular formula is C24H29N3O7. The summed E-state index contributed by atoms with van der Waals surface area (Å²) in [6, 6.07) is 2.40. The van der Waals surface area contributed by atoms with E-state index >= 15 is 0 Å². The molecule has 1 aromatic rings. The van der Waals surface area contributed by atoms with Gasteiger partial charge in [0.05, 0.1) is 24.6 Å². The number of amides is 1. The number of hydrogen-bond acceptors (Lipinski definition) is 9. The topological polar surface area (TPSA) is 147 Å². The summed E-state index contributed by atoms with van der Waals surface area (Å²) in [5.41, 5.74) is 4.44. The van der Waals surface area contributed by atoms with Crippen molar-refractivity contribution in [3.8, 4) is 5.75 Å². The molecule has 0 saturated heterocycles. The summed E-state index contributed by atoms with van der Waals surface area (Å²) in [6.45, 7) is 0. The average Bonchev–Trinajstić information content (AvgIpc) is 2.74. The van der Waals surface area contributed by atoms with Gasteiger partial charge in [-0.05, 0) is 50.6 Å². The van der Waals surface area contributed by atoms with E-state index in [2.05, 4.69) is 0 Å². The van der Waals surface area contributed by atoms with Crippen LogP contribution in [0.25, 0.3) is 0 Å². The summed E-state index contributed by atoms with van der Waals surface area (Å²) in [7, 11) is 8.25. The second kappa shape index (κ2) is 7.99. The molecule has 2 fully saturated rings. The van der Waals surface area contributed by atoms with Crippen LogP contribution in [0.2, 0.25) is 0 Å². The lowest BCUT2D eigenvalue weighted by Gasteiger charge is -2.52. The largest absolute Gasteiger partial charge is 0.496 e. The van der Waals surface area contributed by atoms with E-state index in [1.807, 2.05) is 25.1 Å². The van der Waals surface area contributed by atoms with Crippen LogP contribution < -0.4 is 15.4 Å². The Hall–Kier alpha value is -3.11. The number of aliphatic hydroxyl groups is 1. The Morgan fingerprint density at radius 1 is 1.12 bits per heavy atom. The van der Waals surface area contributed by atoms with Gasteiger partial charge in [-0.25, -0.2) is 0 Å². The minimum atomic E-state index is -2.66. The van der Waals surface area contributed by atoms with Gasteiger partial charge in [0.15, 0.2) is 34.7 Å². The molecule has 4 unspecified atom stereocenters. The monoisotopic (exact) mass is 471 g/mol. The van der Waals surface area contributed by atoms with E-state index in [1.165, 1.54) is 12.0 Å². The van der Waals surface area contributed by atoms with Crippen molar-refractivity contribution in [3.05, 3.63) is 23.3 Å². The lowest BCUT2D eigenvalue weighted by molar-refractivity contribution is -0.181. The number of hydrogen-bond donors (Lipinski definition) is 2. The summed E-state index contributed by atoms with van der Waals surface area (Å²) < 4.78 is 5.40. The van der Waals surface area contributed by atoms with Crippen LogP contribution in [0.1, 0.15) is 22.3 Å². The van der Waals surface area contributed by atoms with Crippen molar-refractivity contribution in [1.82, 2.24) is 4.90 Å². The molecule has 0 aromatic heterocycles. The van der Waals surface area contributed by atoms with Gasteiger partial charge < -0.3 is 20.5 Å². The van der Waals surface area contributed by atoms with E-state index in [0.29, 0.717) is 12.2 Å². The van der Waals surface area contributed by atoms with E-state index < -0.39 is 64.4 Å². The summed E-state index contributed by atoms with van der Waals surface area (Å²) in [6.07, 6.45) is 0.407. The quantitative estimate of drug-likeness (QED) is 0.541. The smallest absolute Gasteiger partial charge is 0.235 e. The number of likely N-dealkylation sites (N-methyl/N-ethyl adjacent to an activating group) is 1. The van der Waals surface area contributed by atoms with Gasteiger partial charge in [0.1, 0.15) is 5.75 Å². The molecule has 4 rings (SSSR count). The number of carbonyl (C=O) groups excluding carboxylic acids is 5. The van der Waals surface area contributed by atoms with Crippen molar-refractivity contribution in [2.24, 2.45) is 29.4 Å². The third-order valence-electron chi connectivity index (χ3n) is 7.61. The van der Waals surface area contributed by atoms with Gasteiger partial charge in [0.2, 0.25) is 5.91 Å². The minimum Gasteiger partial charge on any atom is -0.496 e. The molecule has 0 bridgehead atoms. The summed E-state index contributed by atoms with van der Waals surface area (Å²) in [4.78, 5) is 69.2. The zero-order valence-corrected chi connectivity index (χ0v) is 19.8. The lowest BCUT2D eigenvalue weighted by atomic mass is 9.52. The van der Waals surface area contributed by atoms with E-state index in [4.69, 9.17) is 10.5 Å². The molecule has 182 valence electrons. The van der Waals surface area contributed by atoms with Gasteiger partial charge in [-0.3, -0.25) is 28.9 Å². The highest BCUT2D eigenvalue weighted by molar-refractivity contribution is 6.32. The fraction of sp³-hybridized carbons (Fsp3) is 0.542. The van der Waals surface area contributed by atoms with Crippen LogP contribution in [0.5, 0.6) is 5.75 Å². The van der Waals surface area contributed by atoms with Crippen LogP contribution in [0, 0.1) is 23.7 Å². The fourth-order valence-corrected chi connectivity index (χ4v) is 6.16. The molecule has 0 spiro atoms. The van der Waals surface area contributed by atoms with E-state index in [0.717, 1.165) is 11.3 Å². The fourth-order valence-electron chi connectivity index (χ4n) is 6.16. The first-order chi connectivity index (χ1) is 15.9. The predicted octanol–water partition coefficient (Wildman–Crippen LogP) is -0.764. The Balaban J connectivity index is 1.90. The summed E-state index contributed by atoms with van der Waals surface area (Å²) >= 11 is 0. The molecule has 3 aliphatic rings. The summed E-state index contributed by atoms with van der Waals surface area (Å²) in [5.74, 6) is -9.28. The first kappa shape index (κ1) is 24.0. The van der Waals surface area contributed by atoms with E-state index in [-0.39, 0.29) is 12.0 Å². The van der Waals surface area contributed by atoms with E-state index in [1.54, 1.807) is 20.2 Å². The molecule has 6 atom stereocenters.